The zero-order chi connectivity index (χ0) is 16.0. The molecule has 0 spiro atoms. The third-order valence-corrected chi connectivity index (χ3v) is 4.92. The predicted molar refractivity (Wildman–Crippen MR) is 66.8 cm³/mol. The smallest absolute Gasteiger partial charge is 0.550 e. The number of carbonyl (C=O) groups is 2. The molecule has 0 fully saturated rings. The van der Waals surface area contributed by atoms with Gasteiger partial charge in [0, 0.05) is 12.4 Å². The first-order valence-corrected chi connectivity index (χ1v) is 7.93. The Labute approximate surface area is 216 Å². The molecule has 1 N–H and O–H groups in total. The molecule has 118 valence electrons. The molecule has 0 radical (unpaired) electrons. The van der Waals surface area contributed by atoms with Gasteiger partial charge < -0.3 is 19.8 Å². The van der Waals surface area contributed by atoms with E-state index in [1.807, 2.05) is 6.92 Å². The summed E-state index contributed by atoms with van der Waals surface area (Å²) in [7, 11) is -5.13. The van der Waals surface area contributed by atoms with Crippen LogP contribution in [0.3, 0.4) is 0 Å². The molecule has 0 heterocycles. The van der Waals surface area contributed by atoms with Gasteiger partial charge in [0.2, 0.25) is 0 Å². The quantitative estimate of drug-likeness (QED) is 0.291. The molecule has 22 heavy (non-hydrogen) atoms. The summed E-state index contributed by atoms with van der Waals surface area (Å²) >= 11 is 0. The van der Waals surface area contributed by atoms with Gasteiger partial charge in [-0.15, -0.1) is 0 Å². The summed E-state index contributed by atoms with van der Waals surface area (Å²) in [6.45, 7) is 3.66. The van der Waals surface area contributed by atoms with Crippen LogP contribution in [0.5, 0.6) is 0 Å². The van der Waals surface area contributed by atoms with Crippen LogP contribution in [0, 0.1) is 5.92 Å². The van der Waals surface area contributed by atoms with E-state index in [4.69, 9.17) is 0 Å². The second-order valence-corrected chi connectivity index (χ2v) is 6.66. The van der Waals surface area contributed by atoms with E-state index in [-0.39, 0.29) is 109 Å². The van der Waals surface area contributed by atoms with Gasteiger partial charge in [-0.05, 0) is 12.3 Å². The first kappa shape index (κ1) is 28.9. The van der Waals surface area contributed by atoms with Crippen molar-refractivity contribution in [2.75, 3.05) is 0 Å². The van der Waals surface area contributed by atoms with Crippen molar-refractivity contribution in [3.05, 3.63) is 0 Å². The molecule has 7 nitrogen and oxygen atoms in total. The Bertz CT molecular complexity index is 452. The average Bonchev–Trinajstić information content (AvgIpc) is 2.30. The number of carboxylic acids is 2. The topological polar surface area (TPSA) is 135 Å². The van der Waals surface area contributed by atoms with Crippen LogP contribution in [0.2, 0.25) is 0 Å². The number of hydrogen-bond acceptors (Lipinski definition) is 6. The molecule has 0 saturated heterocycles. The van der Waals surface area contributed by atoms with E-state index in [2.05, 4.69) is 0 Å². The summed E-state index contributed by atoms with van der Waals surface area (Å²) in [6.07, 6.45) is 0.775. The van der Waals surface area contributed by atoms with Gasteiger partial charge in [0.25, 0.3) is 10.1 Å². The minimum absolute atomic E-state index is 0. The molecule has 0 aromatic rings. The summed E-state index contributed by atoms with van der Waals surface area (Å²) in [6, 6.07) is 0. The maximum absolute atomic E-state index is 11.4. The van der Waals surface area contributed by atoms with Crippen LogP contribution in [0.4, 0.5) is 0 Å². The predicted octanol–water partition coefficient (Wildman–Crippen LogP) is -6.88. The van der Waals surface area contributed by atoms with Crippen LogP contribution < -0.4 is 113 Å². The van der Waals surface area contributed by atoms with Crippen molar-refractivity contribution < 1.29 is 136 Å². The van der Waals surface area contributed by atoms with Crippen molar-refractivity contribution in [1.82, 2.24) is 0 Å². The zero-order valence-corrected chi connectivity index (χ0v) is 20.7. The summed E-state index contributed by atoms with van der Waals surface area (Å²) in [4.78, 5) is 21.9. The van der Waals surface area contributed by atoms with Crippen LogP contribution in [0.25, 0.3) is 0 Å². The fraction of sp³-hybridized carbons (Fsp3) is 0.833. The fourth-order valence-electron chi connectivity index (χ4n) is 2.17. The molecule has 0 amide bonds. The van der Waals surface area contributed by atoms with E-state index >= 15 is 0 Å². The molecule has 0 bridgehead atoms. The Morgan fingerprint density at radius 2 is 1.68 bits per heavy atom. The zero-order valence-electron chi connectivity index (χ0n) is 13.6. The molecule has 0 aromatic heterocycles. The van der Waals surface area contributed by atoms with Gasteiger partial charge in [-0.2, -0.15) is 8.42 Å². The summed E-state index contributed by atoms with van der Waals surface area (Å²) < 4.78 is 29.1. The van der Waals surface area contributed by atoms with Gasteiger partial charge in [0.1, 0.15) is 4.75 Å². The number of unbranched alkanes of at least 4 members (excludes halogenated alkanes) is 1. The van der Waals surface area contributed by atoms with E-state index < -0.39 is 39.6 Å². The van der Waals surface area contributed by atoms with Gasteiger partial charge in [-0.25, -0.2) is 0 Å². The second-order valence-electron chi connectivity index (χ2n) is 4.93. The Kier molecular flexibility index (Phi) is 17.5. The number of hydrogen-bond donors (Lipinski definition) is 1. The van der Waals surface area contributed by atoms with Crippen molar-refractivity contribution >= 4 is 22.1 Å². The van der Waals surface area contributed by atoms with Crippen molar-refractivity contribution in [2.24, 2.45) is 5.92 Å². The van der Waals surface area contributed by atoms with E-state index in [0.29, 0.717) is 12.8 Å². The molecule has 2 unspecified atom stereocenters. The van der Waals surface area contributed by atoms with Crippen molar-refractivity contribution in [3.8, 4) is 0 Å². The summed E-state index contributed by atoms with van der Waals surface area (Å²) in [5.41, 5.74) is 0. The third-order valence-electron chi connectivity index (χ3n) is 3.46. The minimum Gasteiger partial charge on any atom is -0.550 e. The van der Waals surface area contributed by atoms with Crippen LogP contribution in [0.1, 0.15) is 52.4 Å². The molecule has 0 saturated carbocycles. The molecule has 0 aliphatic heterocycles. The maximum atomic E-state index is 11.4. The van der Waals surface area contributed by atoms with Gasteiger partial charge in [0.15, 0.2) is 0 Å². The minimum atomic E-state index is -5.13. The number of rotatable bonds is 10. The Morgan fingerprint density at radius 3 is 1.95 bits per heavy atom. The largest absolute Gasteiger partial charge is 1.00 e. The maximum Gasteiger partial charge on any atom is 1.00 e. The van der Waals surface area contributed by atoms with Crippen LogP contribution in [-0.4, -0.2) is 29.7 Å². The van der Waals surface area contributed by atoms with Crippen LogP contribution in [0.15, 0.2) is 0 Å². The van der Waals surface area contributed by atoms with Crippen molar-refractivity contribution in [2.45, 2.75) is 57.1 Å². The molecule has 0 aromatic carbocycles. The van der Waals surface area contributed by atoms with E-state index in [0.717, 1.165) is 12.8 Å². The van der Waals surface area contributed by atoms with Gasteiger partial charge in [0.05, 0.1) is 5.97 Å². The Balaban J connectivity index is -0.00000180. The third kappa shape index (κ3) is 9.00. The van der Waals surface area contributed by atoms with Gasteiger partial charge in [-0.1, -0.05) is 39.5 Å². The Morgan fingerprint density at radius 1 is 1.18 bits per heavy atom. The van der Waals surface area contributed by atoms with Crippen LogP contribution >= 0.6 is 0 Å². The average molecular weight is 387 g/mol. The van der Waals surface area contributed by atoms with E-state index in [1.54, 1.807) is 6.92 Å². The van der Waals surface area contributed by atoms with E-state index in [9.17, 15) is 32.8 Å². The summed E-state index contributed by atoms with van der Waals surface area (Å²) in [5.74, 6) is -4.31. The van der Waals surface area contributed by atoms with Crippen LogP contribution in [-0.2, 0) is 19.7 Å². The van der Waals surface area contributed by atoms with E-state index in [1.165, 1.54) is 0 Å². The van der Waals surface area contributed by atoms with Gasteiger partial charge in [-0.3, -0.25) is 4.55 Å². The normalized spacial score (nSPS) is 14.9. The molecular formula is C12H20K2O7S. The van der Waals surface area contributed by atoms with Gasteiger partial charge >= 0.3 is 103 Å². The number of carboxylic acid groups (broad SMARTS) is 2. The monoisotopic (exact) mass is 386 g/mol. The Hall–Kier alpha value is 2.12. The molecule has 0 rings (SSSR count). The van der Waals surface area contributed by atoms with Crippen molar-refractivity contribution in [3.63, 3.8) is 0 Å². The number of carbonyl (C=O) groups excluding carboxylic acids is 2. The molecule has 0 aliphatic rings. The molecule has 2 atom stereocenters. The second kappa shape index (κ2) is 13.3. The molecular weight excluding hydrogens is 366 g/mol. The van der Waals surface area contributed by atoms with Crippen molar-refractivity contribution in [1.29, 1.82) is 0 Å². The standard InChI is InChI=1S/C12H22O7S.2K/c1-3-5-6-9(4-2)7-12(11(15)16,8-10(13)14)20(17,18)19;;/h9H,3-8H2,1-2H3,(H,13,14)(H,15,16)(H,17,18,19);;/q;2*+1/p-2. The first-order chi connectivity index (χ1) is 9.10. The SMILES string of the molecule is CCCCC(CC)CC(CC(=O)[O-])(C(=O)[O-])S(=O)(=O)O.[K+].[K+]. The molecule has 10 heteroatoms. The first-order valence-electron chi connectivity index (χ1n) is 6.49. The summed E-state index contributed by atoms with van der Waals surface area (Å²) in [5, 5.41) is 21.9. The fourth-order valence-corrected chi connectivity index (χ4v) is 3.13. The molecule has 0 aliphatic carbocycles. The number of aliphatic carboxylic acids is 2.